The van der Waals surface area contributed by atoms with Crippen LogP contribution in [0.1, 0.15) is 43.8 Å². The number of hydrogen-bond acceptors (Lipinski definition) is 5. The van der Waals surface area contributed by atoms with Gasteiger partial charge in [-0.2, -0.15) is 22.6 Å². The molecule has 0 unspecified atom stereocenters. The molecule has 2 aromatic rings. The number of fused-ring (bicyclic) bond motifs is 1. The van der Waals surface area contributed by atoms with Crippen LogP contribution in [0.3, 0.4) is 0 Å². The fourth-order valence-electron chi connectivity index (χ4n) is 3.97. The van der Waals surface area contributed by atoms with Gasteiger partial charge in [0.05, 0.1) is 5.69 Å². The first-order valence-corrected chi connectivity index (χ1v) is 11.0. The number of nitrogens with one attached hydrogen (secondary N) is 1. The van der Waals surface area contributed by atoms with Crippen molar-refractivity contribution < 1.29 is 21.6 Å². The Morgan fingerprint density at radius 2 is 2.14 bits per heavy atom. The van der Waals surface area contributed by atoms with E-state index in [-0.39, 0.29) is 36.4 Å². The highest BCUT2D eigenvalue weighted by Gasteiger charge is 2.46. The van der Waals surface area contributed by atoms with E-state index in [0.29, 0.717) is 24.4 Å². The van der Waals surface area contributed by atoms with Crippen molar-refractivity contribution in [3.05, 3.63) is 36.3 Å². The van der Waals surface area contributed by atoms with Gasteiger partial charge in [-0.05, 0) is 31.4 Å². The number of pyridine rings is 1. The van der Waals surface area contributed by atoms with E-state index in [1.54, 1.807) is 12.1 Å². The molecule has 29 heavy (non-hydrogen) atoms. The molecule has 4 rings (SSSR count). The number of hydrogen-bond donors (Lipinski definition) is 1. The zero-order valence-electron chi connectivity index (χ0n) is 15.8. The van der Waals surface area contributed by atoms with Crippen LogP contribution < -0.4 is 5.32 Å². The third-order valence-corrected chi connectivity index (χ3v) is 7.47. The molecule has 2 aromatic heterocycles. The molecule has 0 saturated carbocycles. The van der Waals surface area contributed by atoms with E-state index in [2.05, 4.69) is 15.4 Å². The predicted molar refractivity (Wildman–Crippen MR) is 100.0 cm³/mol. The standard InChI is InChI=1S/C18H22F3N5O2S/c1-2-13-8-16(18(19,20)21)26-17(23-13)9-15(24-26)12-5-7-25(11-12)29(27,28)14-4-3-6-22-10-14/h3-4,6,9-10,12-13,16,23H,2,5,7-8,11H2,1H3/t12-,13+,16+/m0/s1. The molecule has 1 saturated heterocycles. The van der Waals surface area contributed by atoms with Gasteiger partial charge in [-0.3, -0.25) is 4.98 Å². The van der Waals surface area contributed by atoms with Crippen LogP contribution in [-0.2, 0) is 10.0 Å². The van der Waals surface area contributed by atoms with Crippen molar-refractivity contribution in [2.75, 3.05) is 18.4 Å². The minimum Gasteiger partial charge on any atom is -0.367 e. The summed E-state index contributed by atoms with van der Waals surface area (Å²) in [7, 11) is -3.69. The average molecular weight is 429 g/mol. The summed E-state index contributed by atoms with van der Waals surface area (Å²) in [6, 6.07) is 2.72. The molecule has 7 nitrogen and oxygen atoms in total. The summed E-state index contributed by atoms with van der Waals surface area (Å²) in [6.07, 6.45) is -0.591. The SMILES string of the molecule is CC[C@@H]1C[C@H](C(F)(F)F)n2nc([C@H]3CCN(S(=O)(=O)c4cccnc4)C3)cc2N1. The van der Waals surface area contributed by atoms with Crippen LogP contribution in [-0.4, -0.2) is 52.8 Å². The fourth-order valence-corrected chi connectivity index (χ4v) is 5.44. The third-order valence-electron chi connectivity index (χ3n) is 5.62. The van der Waals surface area contributed by atoms with Crippen molar-refractivity contribution in [3.63, 3.8) is 0 Å². The van der Waals surface area contributed by atoms with Crippen LogP contribution in [0.15, 0.2) is 35.5 Å². The summed E-state index contributed by atoms with van der Waals surface area (Å²) in [6.45, 7) is 2.32. The summed E-state index contributed by atoms with van der Waals surface area (Å²) in [5, 5.41) is 7.36. The molecule has 1 N–H and O–H groups in total. The first-order valence-electron chi connectivity index (χ1n) is 9.53. The van der Waals surface area contributed by atoms with Gasteiger partial charge in [0.25, 0.3) is 0 Å². The monoisotopic (exact) mass is 429 g/mol. The number of nitrogens with zero attached hydrogens (tertiary/aromatic N) is 4. The Balaban J connectivity index is 1.58. The van der Waals surface area contributed by atoms with Crippen molar-refractivity contribution in [1.29, 1.82) is 0 Å². The Morgan fingerprint density at radius 3 is 2.79 bits per heavy atom. The number of rotatable bonds is 4. The summed E-state index contributed by atoms with van der Waals surface area (Å²) >= 11 is 0. The fraction of sp³-hybridized carbons (Fsp3) is 0.556. The molecule has 4 heterocycles. The maximum Gasteiger partial charge on any atom is 0.410 e. The van der Waals surface area contributed by atoms with Crippen LogP contribution >= 0.6 is 0 Å². The summed E-state index contributed by atoms with van der Waals surface area (Å²) in [5.74, 6) is 0.0873. The minimum atomic E-state index is -4.39. The number of anilines is 1. The smallest absolute Gasteiger partial charge is 0.367 e. The second-order valence-electron chi connectivity index (χ2n) is 7.48. The molecular formula is C18H22F3N5O2S. The van der Waals surface area contributed by atoms with E-state index in [9.17, 15) is 21.6 Å². The van der Waals surface area contributed by atoms with E-state index in [4.69, 9.17) is 0 Å². The molecule has 0 aliphatic carbocycles. The predicted octanol–water partition coefficient (Wildman–Crippen LogP) is 3.15. The molecule has 2 aliphatic heterocycles. The van der Waals surface area contributed by atoms with Gasteiger partial charge < -0.3 is 5.32 Å². The maximum atomic E-state index is 13.5. The molecule has 0 amide bonds. The Labute approximate surface area is 167 Å². The van der Waals surface area contributed by atoms with Gasteiger partial charge in [0.1, 0.15) is 10.7 Å². The van der Waals surface area contributed by atoms with Gasteiger partial charge in [0.15, 0.2) is 6.04 Å². The van der Waals surface area contributed by atoms with E-state index < -0.39 is 22.2 Å². The Bertz CT molecular complexity index is 977. The molecule has 0 spiro atoms. The zero-order valence-corrected chi connectivity index (χ0v) is 16.6. The van der Waals surface area contributed by atoms with Crippen LogP contribution in [0.4, 0.5) is 19.0 Å². The molecule has 1 fully saturated rings. The van der Waals surface area contributed by atoms with Gasteiger partial charge in [-0.15, -0.1) is 0 Å². The quantitative estimate of drug-likeness (QED) is 0.808. The number of alkyl halides is 3. The highest BCUT2D eigenvalue weighted by atomic mass is 32.2. The lowest BCUT2D eigenvalue weighted by Gasteiger charge is -2.32. The zero-order chi connectivity index (χ0) is 20.8. The van der Waals surface area contributed by atoms with Crippen LogP contribution in [0.25, 0.3) is 0 Å². The van der Waals surface area contributed by atoms with Gasteiger partial charge in [-0.1, -0.05) is 6.92 Å². The van der Waals surface area contributed by atoms with Crippen LogP contribution in [0.2, 0.25) is 0 Å². The first kappa shape index (κ1) is 20.1. The van der Waals surface area contributed by atoms with Crippen LogP contribution in [0, 0.1) is 0 Å². The Morgan fingerprint density at radius 1 is 1.34 bits per heavy atom. The van der Waals surface area contributed by atoms with Crippen LogP contribution in [0.5, 0.6) is 0 Å². The molecule has 11 heteroatoms. The molecule has 0 radical (unpaired) electrons. The molecule has 0 bridgehead atoms. The molecule has 158 valence electrons. The topological polar surface area (TPSA) is 80.1 Å². The van der Waals surface area contributed by atoms with E-state index in [1.807, 2.05) is 6.92 Å². The summed E-state index contributed by atoms with van der Waals surface area (Å²) < 4.78 is 68.5. The van der Waals surface area contributed by atoms with E-state index in [0.717, 1.165) is 4.68 Å². The Kier molecular flexibility index (Phi) is 5.06. The van der Waals surface area contributed by atoms with Crippen molar-refractivity contribution in [2.24, 2.45) is 0 Å². The molecule has 2 aliphatic rings. The largest absolute Gasteiger partial charge is 0.410 e. The van der Waals surface area contributed by atoms with Gasteiger partial charge in [0, 0.05) is 43.5 Å². The van der Waals surface area contributed by atoms with Crippen molar-refractivity contribution in [3.8, 4) is 0 Å². The lowest BCUT2D eigenvalue weighted by atomic mass is 10.0. The highest BCUT2D eigenvalue weighted by Crippen LogP contribution is 2.41. The highest BCUT2D eigenvalue weighted by molar-refractivity contribution is 7.89. The lowest BCUT2D eigenvalue weighted by molar-refractivity contribution is -0.173. The molecular weight excluding hydrogens is 407 g/mol. The minimum absolute atomic E-state index is 0.0691. The van der Waals surface area contributed by atoms with Crippen molar-refractivity contribution >= 4 is 15.8 Å². The first-order chi connectivity index (χ1) is 13.7. The maximum absolute atomic E-state index is 13.5. The summed E-state index contributed by atoms with van der Waals surface area (Å²) in [5.41, 5.74) is 0.488. The normalized spacial score (nSPS) is 25.6. The number of halogens is 3. The second kappa shape index (κ2) is 7.28. The third kappa shape index (κ3) is 3.73. The lowest BCUT2D eigenvalue weighted by Crippen LogP contribution is -2.38. The number of aromatic nitrogens is 3. The van der Waals surface area contributed by atoms with Gasteiger partial charge in [0.2, 0.25) is 10.0 Å². The van der Waals surface area contributed by atoms with Gasteiger partial charge in [-0.25, -0.2) is 13.1 Å². The Hall–Kier alpha value is -2.14. The van der Waals surface area contributed by atoms with Crippen molar-refractivity contribution in [1.82, 2.24) is 19.1 Å². The average Bonchev–Trinajstić information content (AvgIpc) is 3.34. The molecule has 0 aromatic carbocycles. The number of sulfonamides is 1. The summed E-state index contributed by atoms with van der Waals surface area (Å²) in [4.78, 5) is 3.96. The van der Waals surface area contributed by atoms with E-state index >= 15 is 0 Å². The van der Waals surface area contributed by atoms with Crippen molar-refractivity contribution in [2.45, 2.75) is 55.3 Å². The second-order valence-corrected chi connectivity index (χ2v) is 9.42. The molecule has 3 atom stereocenters. The van der Waals surface area contributed by atoms with E-state index in [1.165, 1.54) is 22.8 Å². The van der Waals surface area contributed by atoms with Gasteiger partial charge >= 0.3 is 6.18 Å².